The predicted molar refractivity (Wildman–Crippen MR) is 79.5 cm³/mol. The molecule has 116 valence electrons. The summed E-state index contributed by atoms with van der Waals surface area (Å²) in [5, 5.41) is 7.05. The van der Waals surface area contributed by atoms with E-state index in [0.717, 1.165) is 6.42 Å². The molecule has 2 amide bonds. The van der Waals surface area contributed by atoms with Crippen molar-refractivity contribution in [2.75, 3.05) is 6.54 Å². The molecule has 2 rings (SSSR count). The van der Waals surface area contributed by atoms with Gasteiger partial charge in [0.25, 0.3) is 0 Å². The summed E-state index contributed by atoms with van der Waals surface area (Å²) in [6.45, 7) is 6.86. The first-order valence-electron chi connectivity index (χ1n) is 7.62. The van der Waals surface area contributed by atoms with E-state index in [9.17, 15) is 9.59 Å². The van der Waals surface area contributed by atoms with Gasteiger partial charge in [0.15, 0.2) is 0 Å². The van der Waals surface area contributed by atoms with E-state index in [2.05, 4.69) is 10.4 Å². The number of aromatic nitrogens is 2. The number of carbonyl (C=O) groups excluding carboxylic acids is 2. The van der Waals surface area contributed by atoms with E-state index in [-0.39, 0.29) is 17.9 Å². The molecule has 0 radical (unpaired) electrons. The van der Waals surface area contributed by atoms with E-state index in [4.69, 9.17) is 0 Å². The van der Waals surface area contributed by atoms with E-state index in [0.29, 0.717) is 25.9 Å². The van der Waals surface area contributed by atoms with Gasteiger partial charge in [-0.25, -0.2) is 0 Å². The molecule has 0 saturated carbocycles. The number of carbonyl (C=O) groups is 2. The van der Waals surface area contributed by atoms with Crippen LogP contribution in [0.2, 0.25) is 0 Å². The van der Waals surface area contributed by atoms with Gasteiger partial charge in [-0.3, -0.25) is 14.3 Å². The zero-order valence-electron chi connectivity index (χ0n) is 13.0. The van der Waals surface area contributed by atoms with E-state index < -0.39 is 5.54 Å². The molecule has 0 aromatic carbocycles. The Morgan fingerprint density at radius 1 is 1.33 bits per heavy atom. The Morgan fingerprint density at radius 3 is 2.67 bits per heavy atom. The van der Waals surface area contributed by atoms with Crippen molar-refractivity contribution >= 4 is 11.8 Å². The van der Waals surface area contributed by atoms with Crippen molar-refractivity contribution in [1.29, 1.82) is 0 Å². The largest absolute Gasteiger partial charge is 0.340 e. The van der Waals surface area contributed by atoms with Crippen molar-refractivity contribution in [3.63, 3.8) is 0 Å². The SMILES string of the molecule is CCCC1C(=O)NC(C)(CC)C(=O)N1CCn1cccn1. The summed E-state index contributed by atoms with van der Waals surface area (Å²) in [5.74, 6) is -0.0310. The summed E-state index contributed by atoms with van der Waals surface area (Å²) in [4.78, 5) is 26.8. The van der Waals surface area contributed by atoms with Gasteiger partial charge in [-0.15, -0.1) is 0 Å². The van der Waals surface area contributed by atoms with Gasteiger partial charge in [0.1, 0.15) is 11.6 Å². The summed E-state index contributed by atoms with van der Waals surface area (Å²) in [7, 11) is 0. The highest BCUT2D eigenvalue weighted by Crippen LogP contribution is 2.23. The second-order valence-corrected chi connectivity index (χ2v) is 5.75. The van der Waals surface area contributed by atoms with Gasteiger partial charge in [-0.05, 0) is 25.8 Å². The monoisotopic (exact) mass is 292 g/mol. The van der Waals surface area contributed by atoms with Crippen LogP contribution in [0.4, 0.5) is 0 Å². The molecule has 2 atom stereocenters. The summed E-state index contributed by atoms with van der Waals surface area (Å²) in [5.41, 5.74) is -0.786. The first-order chi connectivity index (χ1) is 10.0. The fourth-order valence-corrected chi connectivity index (χ4v) is 2.71. The Labute approximate surface area is 125 Å². The molecule has 0 aliphatic carbocycles. The van der Waals surface area contributed by atoms with Crippen LogP contribution in [-0.4, -0.2) is 44.6 Å². The van der Waals surface area contributed by atoms with E-state index in [1.807, 2.05) is 26.1 Å². The summed E-state index contributed by atoms with van der Waals surface area (Å²) in [6.07, 6.45) is 5.73. The fourth-order valence-electron chi connectivity index (χ4n) is 2.71. The molecular formula is C15H24N4O2. The Hall–Kier alpha value is -1.85. The van der Waals surface area contributed by atoms with E-state index in [1.54, 1.807) is 22.7 Å². The standard InChI is InChI=1S/C15H24N4O2/c1-4-7-12-13(20)17-15(3,5-2)14(21)19(12)11-10-18-9-6-8-16-18/h6,8-9,12H,4-5,7,10-11H2,1-3H3,(H,17,20). The maximum absolute atomic E-state index is 12.8. The second kappa shape index (κ2) is 6.28. The Morgan fingerprint density at radius 2 is 2.10 bits per heavy atom. The molecule has 1 N–H and O–H groups in total. The highest BCUT2D eigenvalue weighted by Gasteiger charge is 2.46. The van der Waals surface area contributed by atoms with Crippen LogP contribution in [0.3, 0.4) is 0 Å². The maximum atomic E-state index is 12.8. The van der Waals surface area contributed by atoms with E-state index in [1.165, 1.54) is 0 Å². The van der Waals surface area contributed by atoms with Crippen molar-refractivity contribution in [2.45, 2.75) is 58.2 Å². The molecule has 6 heteroatoms. The summed E-state index contributed by atoms with van der Waals surface area (Å²) in [6, 6.07) is 1.49. The number of amides is 2. The number of hydrogen-bond acceptors (Lipinski definition) is 3. The van der Waals surface area contributed by atoms with Crippen molar-refractivity contribution < 1.29 is 9.59 Å². The van der Waals surface area contributed by atoms with Crippen LogP contribution in [0.5, 0.6) is 0 Å². The molecule has 1 aliphatic heterocycles. The lowest BCUT2D eigenvalue weighted by Crippen LogP contribution is -2.69. The highest BCUT2D eigenvalue weighted by atomic mass is 16.2. The highest BCUT2D eigenvalue weighted by molar-refractivity contribution is 5.99. The first-order valence-corrected chi connectivity index (χ1v) is 7.62. The van der Waals surface area contributed by atoms with Crippen LogP contribution in [0.1, 0.15) is 40.0 Å². The normalized spacial score (nSPS) is 26.0. The molecule has 0 bridgehead atoms. The molecule has 2 heterocycles. The molecular weight excluding hydrogens is 268 g/mol. The Bertz CT molecular complexity index is 500. The topological polar surface area (TPSA) is 67.2 Å². The molecule has 1 saturated heterocycles. The number of rotatable bonds is 6. The van der Waals surface area contributed by atoms with Gasteiger partial charge in [-0.2, -0.15) is 5.10 Å². The zero-order valence-corrected chi connectivity index (χ0v) is 13.0. The number of nitrogens with one attached hydrogen (secondary N) is 1. The van der Waals surface area contributed by atoms with E-state index >= 15 is 0 Å². The van der Waals surface area contributed by atoms with Gasteiger partial charge < -0.3 is 10.2 Å². The van der Waals surface area contributed by atoms with Gasteiger partial charge in [0.2, 0.25) is 11.8 Å². The summed E-state index contributed by atoms with van der Waals surface area (Å²) < 4.78 is 1.78. The van der Waals surface area contributed by atoms with Crippen molar-refractivity contribution in [1.82, 2.24) is 20.0 Å². The first kappa shape index (κ1) is 15.5. The third-order valence-electron chi connectivity index (χ3n) is 4.21. The third kappa shape index (κ3) is 3.09. The molecule has 1 fully saturated rings. The zero-order chi connectivity index (χ0) is 15.5. The van der Waals surface area contributed by atoms with Crippen LogP contribution in [0, 0.1) is 0 Å². The average molecular weight is 292 g/mol. The van der Waals surface area contributed by atoms with Gasteiger partial charge >= 0.3 is 0 Å². The third-order valence-corrected chi connectivity index (χ3v) is 4.21. The average Bonchev–Trinajstić information content (AvgIpc) is 2.97. The minimum absolute atomic E-state index is 0.00945. The van der Waals surface area contributed by atoms with Crippen LogP contribution >= 0.6 is 0 Å². The lowest BCUT2D eigenvalue weighted by Gasteiger charge is -2.44. The molecule has 1 aliphatic rings. The fraction of sp³-hybridized carbons (Fsp3) is 0.667. The number of hydrogen-bond donors (Lipinski definition) is 1. The number of piperazine rings is 1. The molecule has 21 heavy (non-hydrogen) atoms. The van der Waals surface area contributed by atoms with Gasteiger partial charge in [-0.1, -0.05) is 20.3 Å². The predicted octanol–water partition coefficient (Wildman–Crippen LogP) is 1.18. The lowest BCUT2D eigenvalue weighted by atomic mass is 9.90. The van der Waals surface area contributed by atoms with Crippen LogP contribution < -0.4 is 5.32 Å². The lowest BCUT2D eigenvalue weighted by molar-refractivity contribution is -0.155. The van der Waals surface area contributed by atoms with Crippen molar-refractivity contribution in [3.05, 3.63) is 18.5 Å². The minimum atomic E-state index is -0.786. The minimum Gasteiger partial charge on any atom is -0.340 e. The molecule has 1 aromatic heterocycles. The quantitative estimate of drug-likeness (QED) is 0.856. The van der Waals surface area contributed by atoms with Crippen LogP contribution in [-0.2, 0) is 16.1 Å². The molecule has 1 aromatic rings. The van der Waals surface area contributed by atoms with Crippen molar-refractivity contribution in [2.24, 2.45) is 0 Å². The Balaban J connectivity index is 2.17. The molecule has 0 spiro atoms. The molecule has 6 nitrogen and oxygen atoms in total. The molecule has 2 unspecified atom stereocenters. The summed E-state index contributed by atoms with van der Waals surface area (Å²) >= 11 is 0. The van der Waals surface area contributed by atoms with Gasteiger partial charge in [0.05, 0.1) is 6.54 Å². The smallest absolute Gasteiger partial charge is 0.248 e. The number of nitrogens with zero attached hydrogens (tertiary/aromatic N) is 3. The second-order valence-electron chi connectivity index (χ2n) is 5.75. The Kier molecular flexibility index (Phi) is 4.65. The van der Waals surface area contributed by atoms with Crippen LogP contribution in [0.25, 0.3) is 0 Å². The van der Waals surface area contributed by atoms with Crippen molar-refractivity contribution in [3.8, 4) is 0 Å². The van der Waals surface area contributed by atoms with Gasteiger partial charge in [0, 0.05) is 18.9 Å². The van der Waals surface area contributed by atoms with Crippen LogP contribution in [0.15, 0.2) is 18.5 Å². The maximum Gasteiger partial charge on any atom is 0.248 e.